The van der Waals surface area contributed by atoms with Crippen LogP contribution in [0.2, 0.25) is 0 Å². The summed E-state index contributed by atoms with van der Waals surface area (Å²) in [6.07, 6.45) is 3.64. The summed E-state index contributed by atoms with van der Waals surface area (Å²) in [6.45, 7) is 0.853. The number of fused-ring (bicyclic) bond motifs is 1. The zero-order chi connectivity index (χ0) is 20.6. The van der Waals surface area contributed by atoms with Crippen molar-refractivity contribution in [3.05, 3.63) is 48.8 Å². The molecule has 1 aromatic heterocycles. The predicted octanol–water partition coefficient (Wildman–Crippen LogP) is 2.79. The van der Waals surface area contributed by atoms with Gasteiger partial charge in [-0.1, -0.05) is 30.3 Å². The summed E-state index contributed by atoms with van der Waals surface area (Å²) in [5.74, 6) is 1.36. The van der Waals surface area contributed by atoms with Crippen molar-refractivity contribution >= 4 is 20.8 Å². The Morgan fingerprint density at radius 1 is 1.21 bits per heavy atom. The van der Waals surface area contributed by atoms with Gasteiger partial charge in [0, 0.05) is 32.4 Å². The molecule has 3 aromatic rings. The molecule has 2 atom stereocenters. The van der Waals surface area contributed by atoms with Crippen molar-refractivity contribution < 1.29 is 17.9 Å². The maximum Gasteiger partial charge on any atom is 0.214 e. The van der Waals surface area contributed by atoms with Crippen molar-refractivity contribution in [2.24, 2.45) is 5.92 Å². The Labute approximate surface area is 170 Å². The van der Waals surface area contributed by atoms with Crippen LogP contribution < -0.4 is 4.74 Å². The van der Waals surface area contributed by atoms with E-state index in [0.717, 1.165) is 27.9 Å². The SMILES string of the molecule is COc1ccc2ccccc2c1-c1nccn1[C@@H]1COC[C@H]1CS(=O)(=O)N(C)C. The number of rotatable bonds is 6. The highest BCUT2D eigenvalue weighted by Crippen LogP contribution is 2.39. The molecule has 0 bridgehead atoms. The van der Waals surface area contributed by atoms with Crippen LogP contribution in [0.4, 0.5) is 0 Å². The van der Waals surface area contributed by atoms with Crippen molar-refractivity contribution in [2.45, 2.75) is 6.04 Å². The second-order valence-corrected chi connectivity index (χ2v) is 9.68. The molecule has 4 rings (SSSR count). The van der Waals surface area contributed by atoms with Crippen LogP contribution in [0.15, 0.2) is 48.8 Å². The Bertz CT molecular complexity index is 1120. The maximum atomic E-state index is 12.5. The molecule has 154 valence electrons. The Morgan fingerprint density at radius 2 is 2.00 bits per heavy atom. The topological polar surface area (TPSA) is 73.7 Å². The third-order valence-corrected chi connectivity index (χ3v) is 7.47. The molecule has 0 radical (unpaired) electrons. The van der Waals surface area contributed by atoms with Crippen LogP contribution in [-0.4, -0.2) is 62.4 Å². The first-order valence-electron chi connectivity index (χ1n) is 9.49. The van der Waals surface area contributed by atoms with Gasteiger partial charge in [0.15, 0.2) is 0 Å². The average Bonchev–Trinajstić information content (AvgIpc) is 3.35. The maximum absolute atomic E-state index is 12.5. The van der Waals surface area contributed by atoms with Crippen LogP contribution in [0.25, 0.3) is 22.2 Å². The molecule has 0 amide bonds. The van der Waals surface area contributed by atoms with Crippen molar-refractivity contribution in [3.63, 3.8) is 0 Å². The van der Waals surface area contributed by atoms with E-state index in [1.54, 1.807) is 27.4 Å². The smallest absolute Gasteiger partial charge is 0.214 e. The number of sulfonamides is 1. The van der Waals surface area contributed by atoms with E-state index in [4.69, 9.17) is 9.47 Å². The highest BCUT2D eigenvalue weighted by Gasteiger charge is 2.35. The summed E-state index contributed by atoms with van der Waals surface area (Å²) in [7, 11) is 1.43. The van der Waals surface area contributed by atoms with Crippen LogP contribution in [0.3, 0.4) is 0 Å². The van der Waals surface area contributed by atoms with E-state index in [1.807, 2.05) is 41.1 Å². The monoisotopic (exact) mass is 415 g/mol. The van der Waals surface area contributed by atoms with E-state index in [9.17, 15) is 8.42 Å². The van der Waals surface area contributed by atoms with Gasteiger partial charge in [0.05, 0.1) is 37.7 Å². The van der Waals surface area contributed by atoms with Crippen molar-refractivity contribution in [1.82, 2.24) is 13.9 Å². The lowest BCUT2D eigenvalue weighted by molar-refractivity contribution is 0.182. The minimum Gasteiger partial charge on any atom is -0.496 e. The van der Waals surface area contributed by atoms with Crippen LogP contribution in [0, 0.1) is 5.92 Å². The lowest BCUT2D eigenvalue weighted by Gasteiger charge is -2.23. The summed E-state index contributed by atoms with van der Waals surface area (Å²) < 4.78 is 39.6. The minimum atomic E-state index is -3.34. The summed E-state index contributed by atoms with van der Waals surface area (Å²) >= 11 is 0. The average molecular weight is 416 g/mol. The number of imidazole rings is 1. The van der Waals surface area contributed by atoms with Gasteiger partial charge in [0.1, 0.15) is 11.6 Å². The standard InChI is InChI=1S/C21H25N3O4S/c1-23(2)29(25,26)14-16-12-28-13-18(16)24-11-10-22-21(24)20-17-7-5-4-6-15(17)8-9-19(20)27-3/h4-11,16,18H,12-14H2,1-3H3/t16-,18+/m0/s1. The van der Waals surface area contributed by atoms with Gasteiger partial charge >= 0.3 is 0 Å². The molecule has 1 fully saturated rings. The van der Waals surface area contributed by atoms with Gasteiger partial charge in [-0.2, -0.15) is 0 Å². The molecule has 7 nitrogen and oxygen atoms in total. The summed E-state index contributed by atoms with van der Waals surface area (Å²) in [6, 6.07) is 11.9. The van der Waals surface area contributed by atoms with Crippen LogP contribution >= 0.6 is 0 Å². The molecule has 1 saturated heterocycles. The number of ether oxygens (including phenoxy) is 2. The summed E-state index contributed by atoms with van der Waals surface area (Å²) in [5, 5.41) is 2.13. The summed E-state index contributed by atoms with van der Waals surface area (Å²) in [4.78, 5) is 4.62. The molecular formula is C21H25N3O4S. The highest BCUT2D eigenvalue weighted by molar-refractivity contribution is 7.89. The molecule has 2 aromatic carbocycles. The van der Waals surface area contributed by atoms with Crippen LogP contribution in [0.1, 0.15) is 6.04 Å². The molecule has 1 aliphatic heterocycles. The van der Waals surface area contributed by atoms with Gasteiger partial charge in [-0.15, -0.1) is 0 Å². The zero-order valence-electron chi connectivity index (χ0n) is 16.8. The first-order chi connectivity index (χ1) is 13.9. The highest BCUT2D eigenvalue weighted by atomic mass is 32.2. The number of hydrogen-bond acceptors (Lipinski definition) is 5. The van der Waals surface area contributed by atoms with E-state index in [0.29, 0.717) is 13.2 Å². The molecule has 0 aliphatic carbocycles. The second-order valence-electron chi connectivity index (χ2n) is 7.45. The quantitative estimate of drug-likeness (QED) is 0.619. The summed E-state index contributed by atoms with van der Waals surface area (Å²) in [5.41, 5.74) is 0.900. The molecule has 1 aliphatic rings. The van der Waals surface area contributed by atoms with E-state index >= 15 is 0 Å². The van der Waals surface area contributed by atoms with Gasteiger partial charge in [-0.3, -0.25) is 0 Å². The Hall–Kier alpha value is -2.42. The predicted molar refractivity (Wildman–Crippen MR) is 113 cm³/mol. The van der Waals surface area contributed by atoms with E-state index < -0.39 is 10.0 Å². The first-order valence-corrected chi connectivity index (χ1v) is 11.1. The lowest BCUT2D eigenvalue weighted by Crippen LogP contribution is -2.32. The fourth-order valence-corrected chi connectivity index (χ4v) is 5.06. The largest absolute Gasteiger partial charge is 0.496 e. The number of benzene rings is 2. The molecule has 8 heteroatoms. The van der Waals surface area contributed by atoms with E-state index in [-0.39, 0.29) is 17.7 Å². The third-order valence-electron chi connectivity index (χ3n) is 5.51. The Balaban J connectivity index is 1.80. The number of nitrogens with zero attached hydrogens (tertiary/aromatic N) is 3. The van der Waals surface area contributed by atoms with Gasteiger partial charge < -0.3 is 14.0 Å². The molecular weight excluding hydrogens is 390 g/mol. The van der Waals surface area contributed by atoms with E-state index in [1.165, 1.54) is 4.31 Å². The Morgan fingerprint density at radius 3 is 2.76 bits per heavy atom. The van der Waals surface area contributed by atoms with Crippen LogP contribution in [-0.2, 0) is 14.8 Å². The van der Waals surface area contributed by atoms with Crippen LogP contribution in [0.5, 0.6) is 5.75 Å². The molecule has 29 heavy (non-hydrogen) atoms. The number of hydrogen-bond donors (Lipinski definition) is 0. The molecule has 0 unspecified atom stereocenters. The second kappa shape index (κ2) is 7.78. The van der Waals surface area contributed by atoms with Crippen molar-refractivity contribution in [2.75, 3.05) is 40.2 Å². The zero-order valence-corrected chi connectivity index (χ0v) is 17.6. The first kappa shape index (κ1) is 19.9. The van der Waals surface area contributed by atoms with Crippen molar-refractivity contribution in [3.8, 4) is 17.1 Å². The third kappa shape index (κ3) is 3.63. The molecule has 0 spiro atoms. The molecule has 2 heterocycles. The molecule has 0 saturated carbocycles. The fraction of sp³-hybridized carbons (Fsp3) is 0.381. The molecule has 0 N–H and O–H groups in total. The Kier molecular flexibility index (Phi) is 5.33. The minimum absolute atomic E-state index is 0.0367. The fourth-order valence-electron chi connectivity index (χ4n) is 3.90. The van der Waals surface area contributed by atoms with Gasteiger partial charge in [-0.05, 0) is 16.8 Å². The van der Waals surface area contributed by atoms with Crippen molar-refractivity contribution in [1.29, 1.82) is 0 Å². The lowest BCUT2D eigenvalue weighted by atomic mass is 10.0. The van der Waals surface area contributed by atoms with Gasteiger partial charge in [0.25, 0.3) is 0 Å². The van der Waals surface area contributed by atoms with Gasteiger partial charge in [-0.25, -0.2) is 17.7 Å². The normalized spacial score (nSPS) is 19.9. The van der Waals surface area contributed by atoms with Gasteiger partial charge in [0.2, 0.25) is 10.0 Å². The number of aromatic nitrogens is 2. The van der Waals surface area contributed by atoms with E-state index in [2.05, 4.69) is 11.1 Å². The number of methoxy groups -OCH3 is 1.